The van der Waals surface area contributed by atoms with Gasteiger partial charge in [0.25, 0.3) is 0 Å². The van der Waals surface area contributed by atoms with Crippen molar-refractivity contribution in [2.24, 2.45) is 5.92 Å². The van der Waals surface area contributed by atoms with Crippen molar-refractivity contribution in [2.45, 2.75) is 32.4 Å². The van der Waals surface area contributed by atoms with Gasteiger partial charge in [0.05, 0.1) is 5.75 Å². The number of rotatable bonds is 5. The largest absolute Gasteiger partial charge is 0.480 e. The van der Waals surface area contributed by atoms with Crippen molar-refractivity contribution in [2.75, 3.05) is 5.75 Å². The van der Waals surface area contributed by atoms with Crippen molar-refractivity contribution >= 4 is 15.8 Å². The molecule has 0 spiro atoms. The van der Waals surface area contributed by atoms with E-state index in [1.165, 1.54) is 6.92 Å². The standard InChI is InChI=1S/C8H16O4S/c1-4-6(2)5-13(11,12)7(3)8(9)10/h6-7H,4-5H2,1-3H3,(H,9,10). The second-order valence-corrected chi connectivity index (χ2v) is 5.69. The summed E-state index contributed by atoms with van der Waals surface area (Å²) >= 11 is 0. The van der Waals surface area contributed by atoms with Crippen LogP contribution in [0.1, 0.15) is 27.2 Å². The molecule has 0 rings (SSSR count). The molecular formula is C8H16O4S. The molecule has 2 unspecified atom stereocenters. The van der Waals surface area contributed by atoms with Crippen LogP contribution < -0.4 is 0 Å². The molecule has 0 fully saturated rings. The number of carbonyl (C=O) groups is 1. The average molecular weight is 208 g/mol. The Bertz CT molecular complexity index is 268. The summed E-state index contributed by atoms with van der Waals surface area (Å²) in [5, 5.41) is 7.23. The van der Waals surface area contributed by atoms with Gasteiger partial charge in [-0.05, 0) is 12.8 Å². The summed E-state index contributed by atoms with van der Waals surface area (Å²) in [6.45, 7) is 4.89. The molecule has 4 nitrogen and oxygen atoms in total. The van der Waals surface area contributed by atoms with Gasteiger partial charge < -0.3 is 5.11 Å². The Morgan fingerprint density at radius 3 is 2.15 bits per heavy atom. The molecule has 0 aromatic rings. The van der Waals surface area contributed by atoms with E-state index in [-0.39, 0.29) is 11.7 Å². The lowest BCUT2D eigenvalue weighted by Gasteiger charge is -2.12. The number of carboxylic acids is 1. The fraction of sp³-hybridized carbons (Fsp3) is 0.875. The first kappa shape index (κ1) is 12.4. The van der Waals surface area contributed by atoms with Crippen molar-refractivity contribution in [3.63, 3.8) is 0 Å². The molecule has 5 heteroatoms. The van der Waals surface area contributed by atoms with Crippen LogP contribution in [0.25, 0.3) is 0 Å². The van der Waals surface area contributed by atoms with E-state index in [4.69, 9.17) is 5.11 Å². The van der Waals surface area contributed by atoms with Gasteiger partial charge in [-0.15, -0.1) is 0 Å². The minimum atomic E-state index is -3.47. The molecule has 13 heavy (non-hydrogen) atoms. The van der Waals surface area contributed by atoms with Gasteiger partial charge in [-0.3, -0.25) is 4.79 Å². The Morgan fingerprint density at radius 1 is 1.38 bits per heavy atom. The van der Waals surface area contributed by atoms with Crippen LogP contribution in [0, 0.1) is 5.92 Å². The average Bonchev–Trinajstić information content (AvgIpc) is 2.01. The molecule has 78 valence electrons. The monoisotopic (exact) mass is 208 g/mol. The Balaban J connectivity index is 4.50. The summed E-state index contributed by atoms with van der Waals surface area (Å²) in [5.74, 6) is -1.30. The summed E-state index contributed by atoms with van der Waals surface area (Å²) in [4.78, 5) is 10.4. The molecule has 0 amide bonds. The fourth-order valence-corrected chi connectivity index (χ4v) is 2.44. The lowest BCUT2D eigenvalue weighted by molar-refractivity contribution is -0.136. The van der Waals surface area contributed by atoms with Gasteiger partial charge in [0.2, 0.25) is 0 Å². The highest BCUT2D eigenvalue weighted by Crippen LogP contribution is 2.10. The number of aliphatic carboxylic acids is 1. The fourth-order valence-electron chi connectivity index (χ4n) is 0.812. The van der Waals surface area contributed by atoms with E-state index >= 15 is 0 Å². The van der Waals surface area contributed by atoms with E-state index in [1.54, 1.807) is 6.92 Å². The van der Waals surface area contributed by atoms with Crippen molar-refractivity contribution in [3.8, 4) is 0 Å². The van der Waals surface area contributed by atoms with E-state index in [1.807, 2.05) is 6.92 Å². The molecule has 0 heterocycles. The molecule has 2 atom stereocenters. The molecule has 0 aliphatic carbocycles. The summed E-state index contributed by atoms with van der Waals surface area (Å²) in [5.41, 5.74) is 0. The first-order valence-corrected chi connectivity index (χ1v) is 5.97. The molecule has 0 radical (unpaired) electrons. The maximum atomic E-state index is 11.4. The molecule has 0 aromatic carbocycles. The summed E-state index contributed by atoms with van der Waals surface area (Å²) in [6, 6.07) is 0. The van der Waals surface area contributed by atoms with E-state index < -0.39 is 21.1 Å². The third-order valence-corrected chi connectivity index (χ3v) is 4.41. The first-order valence-electron chi connectivity index (χ1n) is 4.25. The quantitative estimate of drug-likeness (QED) is 0.729. The second kappa shape index (κ2) is 4.60. The molecule has 0 aromatic heterocycles. The molecular weight excluding hydrogens is 192 g/mol. The van der Waals surface area contributed by atoms with Gasteiger partial charge in [-0.25, -0.2) is 8.42 Å². The van der Waals surface area contributed by atoms with Gasteiger partial charge >= 0.3 is 5.97 Å². The van der Waals surface area contributed by atoms with Gasteiger partial charge in [0.15, 0.2) is 15.1 Å². The number of hydrogen-bond donors (Lipinski definition) is 1. The Labute approximate surface area is 78.9 Å². The van der Waals surface area contributed by atoms with E-state index in [9.17, 15) is 13.2 Å². The van der Waals surface area contributed by atoms with Crippen LogP contribution in [0.4, 0.5) is 0 Å². The minimum absolute atomic E-state index is 0.0202. The summed E-state index contributed by atoms with van der Waals surface area (Å²) < 4.78 is 22.7. The molecule has 0 aliphatic heterocycles. The van der Waals surface area contributed by atoms with Gasteiger partial charge in [0.1, 0.15) is 0 Å². The lowest BCUT2D eigenvalue weighted by atomic mass is 10.2. The molecule has 0 saturated carbocycles. The zero-order valence-corrected chi connectivity index (χ0v) is 8.97. The maximum Gasteiger partial charge on any atom is 0.321 e. The molecule has 0 bridgehead atoms. The van der Waals surface area contributed by atoms with Gasteiger partial charge in [-0.2, -0.15) is 0 Å². The Hall–Kier alpha value is -0.580. The van der Waals surface area contributed by atoms with Crippen molar-refractivity contribution < 1.29 is 18.3 Å². The van der Waals surface area contributed by atoms with Crippen molar-refractivity contribution in [1.29, 1.82) is 0 Å². The van der Waals surface area contributed by atoms with E-state index in [0.717, 1.165) is 6.42 Å². The molecule has 0 aliphatic rings. The van der Waals surface area contributed by atoms with Crippen LogP contribution in [0.15, 0.2) is 0 Å². The van der Waals surface area contributed by atoms with Gasteiger partial charge in [-0.1, -0.05) is 20.3 Å². The predicted molar refractivity (Wildman–Crippen MR) is 50.3 cm³/mol. The first-order chi connectivity index (χ1) is 5.81. The van der Waals surface area contributed by atoms with E-state index in [2.05, 4.69) is 0 Å². The molecule has 0 saturated heterocycles. The van der Waals surface area contributed by atoms with Crippen LogP contribution in [0.3, 0.4) is 0 Å². The maximum absolute atomic E-state index is 11.4. The smallest absolute Gasteiger partial charge is 0.321 e. The Kier molecular flexibility index (Phi) is 4.39. The number of carboxylic acid groups (broad SMARTS) is 1. The SMILES string of the molecule is CCC(C)CS(=O)(=O)C(C)C(=O)O. The van der Waals surface area contributed by atoms with Crippen LogP contribution >= 0.6 is 0 Å². The lowest BCUT2D eigenvalue weighted by Crippen LogP contribution is -2.31. The van der Waals surface area contributed by atoms with Crippen molar-refractivity contribution in [1.82, 2.24) is 0 Å². The van der Waals surface area contributed by atoms with E-state index in [0.29, 0.717) is 0 Å². The van der Waals surface area contributed by atoms with Crippen LogP contribution in [-0.2, 0) is 14.6 Å². The second-order valence-electron chi connectivity index (χ2n) is 3.32. The third-order valence-electron chi connectivity index (χ3n) is 2.10. The van der Waals surface area contributed by atoms with Crippen molar-refractivity contribution in [3.05, 3.63) is 0 Å². The zero-order chi connectivity index (χ0) is 10.6. The summed E-state index contributed by atoms with van der Waals surface area (Å²) in [7, 11) is -3.47. The normalized spacial score (nSPS) is 16.5. The predicted octanol–water partition coefficient (Wildman–Crippen LogP) is 0.920. The third kappa shape index (κ3) is 3.76. The van der Waals surface area contributed by atoms with Crippen LogP contribution in [0.2, 0.25) is 0 Å². The highest BCUT2D eigenvalue weighted by molar-refractivity contribution is 7.92. The number of hydrogen-bond acceptors (Lipinski definition) is 3. The highest BCUT2D eigenvalue weighted by atomic mass is 32.2. The zero-order valence-electron chi connectivity index (χ0n) is 8.15. The Morgan fingerprint density at radius 2 is 1.85 bits per heavy atom. The summed E-state index contributed by atoms with van der Waals surface area (Å²) in [6.07, 6.45) is 0.742. The number of sulfone groups is 1. The van der Waals surface area contributed by atoms with Crippen LogP contribution in [0.5, 0.6) is 0 Å². The minimum Gasteiger partial charge on any atom is -0.480 e. The van der Waals surface area contributed by atoms with Gasteiger partial charge in [0, 0.05) is 0 Å². The topological polar surface area (TPSA) is 71.4 Å². The van der Waals surface area contributed by atoms with Crippen LogP contribution in [-0.4, -0.2) is 30.5 Å². The highest BCUT2D eigenvalue weighted by Gasteiger charge is 2.28. The molecule has 1 N–H and O–H groups in total.